The summed E-state index contributed by atoms with van der Waals surface area (Å²) in [5, 5.41) is 3.20. The molecule has 0 aromatic rings. The van der Waals surface area contributed by atoms with Crippen molar-refractivity contribution in [3.63, 3.8) is 0 Å². The van der Waals surface area contributed by atoms with Crippen LogP contribution >= 0.6 is 0 Å². The van der Waals surface area contributed by atoms with Crippen LogP contribution in [0.1, 0.15) is 0 Å². The summed E-state index contributed by atoms with van der Waals surface area (Å²) in [7, 11) is 0. The van der Waals surface area contributed by atoms with Gasteiger partial charge in [0.25, 0.3) is 0 Å². The third kappa shape index (κ3) is 5.31. The van der Waals surface area contributed by atoms with E-state index in [9.17, 15) is 0 Å². The zero-order valence-electron chi connectivity index (χ0n) is 3.73. The second-order valence-electron chi connectivity index (χ2n) is 0.664. The molecule has 0 aliphatic heterocycles. The van der Waals surface area contributed by atoms with E-state index in [0.717, 1.165) is 0 Å². The lowest BCUT2D eigenvalue weighted by atomic mass is 11.7. The Hall–Kier alpha value is -0.690. The molecular weight excluding hydrogens is 96.1 g/mol. The molecule has 0 aromatic carbocycles. The van der Waals surface area contributed by atoms with Crippen LogP contribution < -0.4 is 28.0 Å². The molecular formula is CH8N6. The summed E-state index contributed by atoms with van der Waals surface area (Å²) < 4.78 is 0. The largest absolute Gasteiger partial charge is 0.257 e. The summed E-state index contributed by atoms with van der Waals surface area (Å²) in [6.45, 7) is 3.10. The number of hydrazine groups is 4. The van der Waals surface area contributed by atoms with Gasteiger partial charge in [-0.15, -0.1) is 5.53 Å². The van der Waals surface area contributed by atoms with Crippen molar-refractivity contribution >= 4 is 6.72 Å². The van der Waals surface area contributed by atoms with Crippen LogP contribution in [0.4, 0.5) is 0 Å². The summed E-state index contributed by atoms with van der Waals surface area (Å²) in [5.74, 6) is 4.74. The van der Waals surface area contributed by atoms with Gasteiger partial charge in [0.05, 0.1) is 0 Å². The smallest absolute Gasteiger partial charge is 0.0121 e. The Morgan fingerprint density at radius 2 is 2.14 bits per heavy atom. The topological polar surface area (TPSA) is 86.5 Å². The van der Waals surface area contributed by atoms with Crippen LogP contribution in [0.5, 0.6) is 0 Å². The second kappa shape index (κ2) is 5.31. The van der Waals surface area contributed by atoms with Gasteiger partial charge in [-0.05, 0) is 0 Å². The first-order valence-corrected chi connectivity index (χ1v) is 1.58. The van der Waals surface area contributed by atoms with Gasteiger partial charge in [0.15, 0.2) is 0 Å². The number of nitrogens with zero attached hydrogens (tertiary/aromatic N) is 1. The van der Waals surface area contributed by atoms with E-state index in [2.05, 4.69) is 34.0 Å². The quantitative estimate of drug-likeness (QED) is 0.119. The molecule has 0 bridgehead atoms. The molecule has 0 saturated heterocycles. The first-order valence-electron chi connectivity index (χ1n) is 1.58. The summed E-state index contributed by atoms with van der Waals surface area (Å²) in [6.07, 6.45) is 0. The fourth-order valence-electron chi connectivity index (χ4n) is 0.104. The van der Waals surface area contributed by atoms with E-state index >= 15 is 0 Å². The molecule has 7 heavy (non-hydrogen) atoms. The average molecular weight is 104 g/mol. The standard InChI is InChI=1S/CH8N6/c1-3-5-7-6-4-2/h4-7H,1-2H2. The third-order valence-corrected chi connectivity index (χ3v) is 0.270. The molecule has 42 valence electrons. The molecule has 0 saturated carbocycles. The molecule has 0 aromatic heterocycles. The molecule has 0 unspecified atom stereocenters. The highest BCUT2D eigenvalue weighted by atomic mass is 15.8. The number of hydrazone groups is 1. The predicted octanol–water partition coefficient (Wildman–Crippen LogP) is -2.42. The van der Waals surface area contributed by atoms with Crippen LogP contribution in [0.25, 0.3) is 0 Å². The molecule has 0 spiro atoms. The first kappa shape index (κ1) is 6.31. The highest BCUT2D eigenvalue weighted by Crippen LogP contribution is 1.31. The molecule has 0 radical (unpaired) electrons. The van der Waals surface area contributed by atoms with Gasteiger partial charge in [0.2, 0.25) is 0 Å². The van der Waals surface area contributed by atoms with Crippen molar-refractivity contribution in [2.24, 2.45) is 10.9 Å². The monoisotopic (exact) mass is 104 g/mol. The predicted molar refractivity (Wildman–Crippen MR) is 26.3 cm³/mol. The molecule has 0 aliphatic rings. The Kier molecular flexibility index (Phi) is 4.79. The highest BCUT2D eigenvalue weighted by molar-refractivity contribution is 5.21. The van der Waals surface area contributed by atoms with Gasteiger partial charge >= 0.3 is 0 Å². The van der Waals surface area contributed by atoms with Crippen molar-refractivity contribution in [2.45, 2.75) is 0 Å². The molecule has 6 N–H and O–H groups in total. The molecule has 0 aliphatic carbocycles. The average Bonchev–Trinajstić information content (AvgIpc) is 1.69. The number of nitrogens with one attached hydrogen (secondary N) is 4. The lowest BCUT2D eigenvalue weighted by Crippen LogP contribution is -2.51. The molecule has 0 amide bonds. The van der Waals surface area contributed by atoms with Gasteiger partial charge in [-0.3, -0.25) is 5.84 Å². The Morgan fingerprint density at radius 3 is 2.57 bits per heavy atom. The van der Waals surface area contributed by atoms with Crippen LogP contribution in [0, 0.1) is 0 Å². The molecule has 0 atom stereocenters. The Morgan fingerprint density at radius 1 is 1.43 bits per heavy atom. The van der Waals surface area contributed by atoms with Crippen LogP contribution in [-0.2, 0) is 0 Å². The van der Waals surface area contributed by atoms with Crippen molar-refractivity contribution in [3.8, 4) is 0 Å². The molecule has 0 fully saturated rings. The van der Waals surface area contributed by atoms with E-state index in [0.29, 0.717) is 0 Å². The third-order valence-electron chi connectivity index (χ3n) is 0.270. The van der Waals surface area contributed by atoms with E-state index in [-0.39, 0.29) is 0 Å². The van der Waals surface area contributed by atoms with Crippen molar-refractivity contribution in [1.82, 2.24) is 22.1 Å². The second-order valence-corrected chi connectivity index (χ2v) is 0.664. The minimum Gasteiger partial charge on any atom is -0.257 e. The van der Waals surface area contributed by atoms with Gasteiger partial charge in [-0.1, -0.05) is 0 Å². The number of rotatable bonds is 4. The van der Waals surface area contributed by atoms with Gasteiger partial charge in [0.1, 0.15) is 0 Å². The molecule has 0 heterocycles. The van der Waals surface area contributed by atoms with Crippen molar-refractivity contribution in [1.29, 1.82) is 0 Å². The minimum atomic E-state index is 2.09. The maximum atomic E-state index is 4.74. The van der Waals surface area contributed by atoms with Gasteiger partial charge < -0.3 is 0 Å². The summed E-state index contributed by atoms with van der Waals surface area (Å²) in [6, 6.07) is 0. The molecule has 6 nitrogen and oxygen atoms in total. The van der Waals surface area contributed by atoms with Crippen molar-refractivity contribution in [3.05, 3.63) is 0 Å². The van der Waals surface area contributed by atoms with E-state index in [1.54, 1.807) is 0 Å². The Labute approximate surface area is 41.0 Å². The normalized spacial score (nSPS) is 8.14. The first-order chi connectivity index (χ1) is 3.41. The fraction of sp³-hybridized carbons (Fsp3) is 0. The lowest BCUT2D eigenvalue weighted by Gasteiger charge is -2.00. The molecule has 0 rings (SSSR count). The maximum absolute atomic E-state index is 4.74. The maximum Gasteiger partial charge on any atom is 0.0121 e. The van der Waals surface area contributed by atoms with Crippen LogP contribution in [0.15, 0.2) is 5.10 Å². The van der Waals surface area contributed by atoms with Crippen LogP contribution in [-0.4, -0.2) is 6.72 Å². The Bertz CT molecular complexity index is 41.4. The van der Waals surface area contributed by atoms with E-state index in [1.807, 2.05) is 0 Å². The van der Waals surface area contributed by atoms with Gasteiger partial charge in [-0.2, -0.15) is 16.2 Å². The molecule has 6 heteroatoms. The van der Waals surface area contributed by atoms with Gasteiger partial charge in [-0.25, -0.2) is 5.53 Å². The summed E-state index contributed by atoms with van der Waals surface area (Å²) >= 11 is 0. The number of nitrogens with two attached hydrogens (primary N) is 1. The van der Waals surface area contributed by atoms with Crippen molar-refractivity contribution in [2.75, 3.05) is 0 Å². The summed E-state index contributed by atoms with van der Waals surface area (Å²) in [4.78, 5) is 0. The van der Waals surface area contributed by atoms with Crippen LogP contribution in [0.3, 0.4) is 0 Å². The fourth-order valence-corrected chi connectivity index (χ4v) is 0.104. The van der Waals surface area contributed by atoms with E-state index in [1.165, 1.54) is 0 Å². The highest BCUT2D eigenvalue weighted by Gasteiger charge is 1.65. The van der Waals surface area contributed by atoms with Crippen molar-refractivity contribution < 1.29 is 0 Å². The SMILES string of the molecule is C=NNNNNN. The lowest BCUT2D eigenvalue weighted by molar-refractivity contribution is 0.384. The zero-order chi connectivity index (χ0) is 5.54. The summed E-state index contributed by atoms with van der Waals surface area (Å²) in [5.41, 5.74) is 8.95. The van der Waals surface area contributed by atoms with E-state index in [4.69, 9.17) is 5.84 Å². The van der Waals surface area contributed by atoms with Gasteiger partial charge in [0, 0.05) is 6.72 Å². The number of hydrogen-bond donors (Lipinski definition) is 5. The zero-order valence-corrected chi connectivity index (χ0v) is 3.73. The Balaban J connectivity index is 2.56. The van der Waals surface area contributed by atoms with E-state index < -0.39 is 0 Å². The van der Waals surface area contributed by atoms with Crippen LogP contribution in [0.2, 0.25) is 0 Å². The minimum absolute atomic E-state index is 2.09. The number of hydrogen-bond acceptors (Lipinski definition) is 6.